The number of hydrogen-bond acceptors (Lipinski definition) is 3. The lowest BCUT2D eigenvalue weighted by Crippen LogP contribution is -2.11. The largest absolute Gasteiger partial charge is 0.444 e. The van der Waals surface area contributed by atoms with Gasteiger partial charge in [-0.1, -0.05) is 11.3 Å². The molecule has 0 fully saturated rings. The first-order chi connectivity index (χ1) is 9.18. The number of benzene rings is 1. The van der Waals surface area contributed by atoms with Gasteiger partial charge >= 0.3 is 12.4 Å². The summed E-state index contributed by atoms with van der Waals surface area (Å²) in [5.74, 6) is -0.699. The van der Waals surface area contributed by atoms with Crippen molar-refractivity contribution in [3.05, 3.63) is 41.0 Å². The van der Waals surface area contributed by atoms with E-state index in [2.05, 4.69) is 4.98 Å². The summed E-state index contributed by atoms with van der Waals surface area (Å²) in [4.78, 5) is 3.60. The van der Waals surface area contributed by atoms with E-state index in [1.807, 2.05) is 0 Å². The number of aromatic nitrogens is 1. The van der Waals surface area contributed by atoms with Gasteiger partial charge in [0.25, 0.3) is 0 Å². The maximum absolute atomic E-state index is 12.8. The molecular weight excluding hydrogens is 308 g/mol. The van der Waals surface area contributed by atoms with Crippen LogP contribution in [0.4, 0.5) is 26.3 Å². The van der Waals surface area contributed by atoms with E-state index in [0.717, 1.165) is 11.3 Å². The van der Waals surface area contributed by atoms with Gasteiger partial charge in [0.15, 0.2) is 0 Å². The van der Waals surface area contributed by atoms with Gasteiger partial charge in [-0.25, -0.2) is 4.98 Å². The summed E-state index contributed by atoms with van der Waals surface area (Å²) >= 11 is 0.924. The Hall–Kier alpha value is -1.77. The van der Waals surface area contributed by atoms with Crippen molar-refractivity contribution < 1.29 is 31.1 Å². The summed E-state index contributed by atoms with van der Waals surface area (Å²) in [6.45, 7) is 0. The maximum atomic E-state index is 12.8. The highest BCUT2D eigenvalue weighted by Crippen LogP contribution is 2.42. The van der Waals surface area contributed by atoms with Gasteiger partial charge in [0.1, 0.15) is 5.75 Å². The van der Waals surface area contributed by atoms with E-state index >= 15 is 0 Å². The van der Waals surface area contributed by atoms with E-state index in [0.29, 0.717) is 12.1 Å². The summed E-state index contributed by atoms with van der Waals surface area (Å²) in [6.07, 6.45) is -8.65. The summed E-state index contributed by atoms with van der Waals surface area (Å²) < 4.78 is 80.6. The lowest BCUT2D eigenvalue weighted by atomic mass is 10.1. The molecule has 2 rings (SSSR count). The van der Waals surface area contributed by atoms with Crippen LogP contribution >= 0.6 is 11.3 Å². The third-order valence-corrected chi connectivity index (χ3v) is 2.88. The smallest absolute Gasteiger partial charge is 0.420 e. The molecule has 0 amide bonds. The zero-order chi connectivity index (χ0) is 15.0. The number of nitrogens with zero attached hydrogens (tertiary/aromatic N) is 1. The molecule has 0 unspecified atom stereocenters. The Kier molecular flexibility index (Phi) is 3.63. The second-order valence-electron chi connectivity index (χ2n) is 3.63. The van der Waals surface area contributed by atoms with Crippen molar-refractivity contribution in [2.24, 2.45) is 0 Å². The highest BCUT2D eigenvalue weighted by atomic mass is 32.1. The van der Waals surface area contributed by atoms with Gasteiger partial charge in [0.2, 0.25) is 5.06 Å². The summed E-state index contributed by atoms with van der Waals surface area (Å²) in [7, 11) is 0. The Balaban J connectivity index is 2.46. The fourth-order valence-electron chi connectivity index (χ4n) is 1.38. The molecule has 1 aromatic carbocycles. The first-order valence-corrected chi connectivity index (χ1v) is 5.90. The van der Waals surface area contributed by atoms with Crippen molar-refractivity contribution in [2.45, 2.75) is 12.4 Å². The standard InChI is InChI=1S/C11H5F6NOS/c12-10(13,14)6-1-2-8(7(3-6)11(15,16)17)19-9-4-18-5-20-9/h1-5H. The average molecular weight is 313 g/mol. The van der Waals surface area contributed by atoms with Gasteiger partial charge in [-0.15, -0.1) is 0 Å². The molecule has 108 valence electrons. The maximum Gasteiger partial charge on any atom is 0.420 e. The fraction of sp³-hybridized carbons (Fsp3) is 0.182. The molecule has 1 heterocycles. The van der Waals surface area contributed by atoms with E-state index < -0.39 is 29.2 Å². The van der Waals surface area contributed by atoms with Crippen LogP contribution in [0.15, 0.2) is 29.9 Å². The molecule has 0 atom stereocenters. The molecule has 20 heavy (non-hydrogen) atoms. The molecular formula is C11H5F6NOS. The zero-order valence-electron chi connectivity index (χ0n) is 9.42. The van der Waals surface area contributed by atoms with Crippen molar-refractivity contribution in [1.82, 2.24) is 4.98 Å². The summed E-state index contributed by atoms with van der Waals surface area (Å²) in [5, 5.41) is 0.0512. The highest BCUT2D eigenvalue weighted by molar-refractivity contribution is 7.11. The minimum atomic E-state index is -4.96. The second-order valence-corrected chi connectivity index (χ2v) is 4.48. The van der Waals surface area contributed by atoms with Gasteiger partial charge in [0.05, 0.1) is 22.8 Å². The Morgan fingerprint density at radius 3 is 2.20 bits per heavy atom. The minimum Gasteiger partial charge on any atom is -0.444 e. The first-order valence-electron chi connectivity index (χ1n) is 5.03. The highest BCUT2D eigenvalue weighted by Gasteiger charge is 2.39. The molecule has 0 N–H and O–H groups in total. The van der Waals surface area contributed by atoms with Gasteiger partial charge < -0.3 is 4.74 Å². The van der Waals surface area contributed by atoms with Crippen LogP contribution in [0.25, 0.3) is 0 Å². The summed E-state index contributed by atoms with van der Waals surface area (Å²) in [5.41, 5.74) is -1.55. The van der Waals surface area contributed by atoms with Crippen LogP contribution in [0.2, 0.25) is 0 Å². The molecule has 0 aliphatic carbocycles. The van der Waals surface area contributed by atoms with Gasteiger partial charge in [-0.2, -0.15) is 26.3 Å². The van der Waals surface area contributed by atoms with Crippen molar-refractivity contribution in [3.8, 4) is 10.8 Å². The molecule has 0 aliphatic rings. The average Bonchev–Trinajstić information content (AvgIpc) is 2.79. The van der Waals surface area contributed by atoms with Crippen molar-refractivity contribution >= 4 is 11.3 Å². The molecule has 0 saturated carbocycles. The number of rotatable bonds is 2. The molecule has 1 aromatic heterocycles. The lowest BCUT2D eigenvalue weighted by Gasteiger charge is -2.15. The Morgan fingerprint density at radius 2 is 1.70 bits per heavy atom. The molecule has 0 spiro atoms. The number of hydrogen-bond donors (Lipinski definition) is 0. The van der Waals surface area contributed by atoms with E-state index in [-0.39, 0.29) is 11.1 Å². The van der Waals surface area contributed by atoms with Crippen molar-refractivity contribution in [2.75, 3.05) is 0 Å². The zero-order valence-corrected chi connectivity index (χ0v) is 10.2. The molecule has 2 nitrogen and oxygen atoms in total. The number of ether oxygens (including phenoxy) is 1. The third-order valence-electron chi connectivity index (χ3n) is 2.23. The van der Waals surface area contributed by atoms with Crippen LogP contribution in [0, 0.1) is 0 Å². The first kappa shape index (κ1) is 14.6. The predicted octanol–water partition coefficient (Wildman–Crippen LogP) is 4.97. The normalized spacial score (nSPS) is 12.5. The van der Waals surface area contributed by atoms with Gasteiger partial charge in [-0.3, -0.25) is 0 Å². The summed E-state index contributed by atoms with van der Waals surface area (Å²) in [6, 6.07) is 1.20. The molecule has 2 aromatic rings. The number of thiazole rings is 1. The van der Waals surface area contributed by atoms with Crippen LogP contribution in [0.3, 0.4) is 0 Å². The lowest BCUT2D eigenvalue weighted by molar-refractivity contribution is -0.143. The van der Waals surface area contributed by atoms with Crippen LogP contribution in [-0.4, -0.2) is 4.98 Å². The van der Waals surface area contributed by atoms with E-state index in [9.17, 15) is 26.3 Å². The van der Waals surface area contributed by atoms with E-state index in [1.165, 1.54) is 11.7 Å². The van der Waals surface area contributed by atoms with Crippen LogP contribution in [-0.2, 0) is 12.4 Å². The Morgan fingerprint density at radius 1 is 1.00 bits per heavy atom. The monoisotopic (exact) mass is 313 g/mol. The number of halogens is 6. The van der Waals surface area contributed by atoms with Crippen LogP contribution < -0.4 is 4.74 Å². The predicted molar refractivity (Wildman–Crippen MR) is 58.6 cm³/mol. The minimum absolute atomic E-state index is 0.0242. The van der Waals surface area contributed by atoms with Gasteiger partial charge in [0, 0.05) is 0 Å². The third kappa shape index (κ3) is 3.21. The quantitative estimate of drug-likeness (QED) is 0.730. The Bertz CT molecular complexity index is 590. The van der Waals surface area contributed by atoms with Crippen molar-refractivity contribution in [1.29, 1.82) is 0 Å². The second kappa shape index (κ2) is 4.97. The Labute approximate surface area is 112 Å². The van der Waals surface area contributed by atoms with Gasteiger partial charge in [-0.05, 0) is 18.2 Å². The van der Waals surface area contributed by atoms with E-state index in [4.69, 9.17) is 4.74 Å². The molecule has 0 bridgehead atoms. The SMILES string of the molecule is FC(F)(F)c1ccc(Oc2cncs2)c(C(F)(F)F)c1. The van der Waals surface area contributed by atoms with Crippen LogP contribution in [0.5, 0.6) is 10.8 Å². The molecule has 9 heteroatoms. The van der Waals surface area contributed by atoms with Crippen LogP contribution in [0.1, 0.15) is 11.1 Å². The van der Waals surface area contributed by atoms with E-state index in [1.54, 1.807) is 0 Å². The van der Waals surface area contributed by atoms with Crippen molar-refractivity contribution in [3.63, 3.8) is 0 Å². The molecule has 0 aliphatic heterocycles. The number of alkyl halides is 6. The fourth-order valence-corrected chi connectivity index (χ4v) is 1.86. The molecule has 0 saturated heterocycles. The topological polar surface area (TPSA) is 22.1 Å². The molecule has 0 radical (unpaired) electrons.